The maximum Gasteiger partial charge on any atom is 0.264 e. The average Bonchev–Trinajstić information content (AvgIpc) is 3.03. The van der Waals surface area contributed by atoms with E-state index in [1.807, 2.05) is 43.0 Å². The molecular weight excluding hydrogens is 304 g/mol. The molecule has 2 unspecified atom stereocenters. The number of hydrogen-bond donors (Lipinski definition) is 1. The monoisotopic (exact) mass is 330 g/mol. The lowest BCUT2D eigenvalue weighted by Crippen LogP contribution is -2.48. The zero-order valence-corrected chi connectivity index (χ0v) is 14.5. The number of piperidine rings is 1. The number of rotatable bonds is 4. The molecule has 2 aliphatic rings. The van der Waals surface area contributed by atoms with Crippen LogP contribution in [0.4, 0.5) is 0 Å². The summed E-state index contributed by atoms with van der Waals surface area (Å²) in [6, 6.07) is 7.84. The van der Waals surface area contributed by atoms with Gasteiger partial charge >= 0.3 is 0 Å². The van der Waals surface area contributed by atoms with Gasteiger partial charge in [0.25, 0.3) is 5.91 Å². The standard InChI is InChI=1S/C19H26N2O3/c1-13(2)18(22)20-11-14-6-5-9-21(12-14)19(23)17-10-15-7-3-4-8-16(15)24-17/h3-4,7-8,13-14,17H,5-6,9-12H2,1-2H3,(H,20,22). The number of ether oxygens (including phenoxy) is 1. The number of nitrogens with one attached hydrogen (secondary N) is 1. The highest BCUT2D eigenvalue weighted by molar-refractivity contribution is 5.82. The average molecular weight is 330 g/mol. The van der Waals surface area contributed by atoms with E-state index in [-0.39, 0.29) is 17.7 Å². The summed E-state index contributed by atoms with van der Waals surface area (Å²) in [5.41, 5.74) is 1.11. The molecule has 0 saturated carbocycles. The minimum Gasteiger partial charge on any atom is -0.480 e. The lowest BCUT2D eigenvalue weighted by atomic mass is 9.97. The molecule has 1 aromatic carbocycles. The van der Waals surface area contributed by atoms with Crippen LogP contribution < -0.4 is 10.1 Å². The predicted octanol–water partition coefficient (Wildman–Crippen LogP) is 2.00. The minimum absolute atomic E-state index is 0.00304. The second-order valence-electron chi connectivity index (χ2n) is 7.11. The Balaban J connectivity index is 1.53. The molecule has 0 spiro atoms. The fourth-order valence-electron chi connectivity index (χ4n) is 3.40. The molecule has 5 heteroatoms. The van der Waals surface area contributed by atoms with Crippen LogP contribution in [0.3, 0.4) is 0 Å². The third kappa shape index (κ3) is 3.71. The third-order valence-electron chi connectivity index (χ3n) is 4.84. The van der Waals surface area contributed by atoms with Crippen LogP contribution in [-0.4, -0.2) is 42.5 Å². The molecule has 1 fully saturated rings. The van der Waals surface area contributed by atoms with Crippen molar-refractivity contribution in [1.82, 2.24) is 10.2 Å². The second kappa shape index (κ2) is 7.24. The molecule has 130 valence electrons. The van der Waals surface area contributed by atoms with Gasteiger partial charge < -0.3 is 15.0 Å². The van der Waals surface area contributed by atoms with E-state index in [0.717, 1.165) is 30.7 Å². The smallest absolute Gasteiger partial charge is 0.264 e. The molecule has 3 rings (SSSR count). The molecule has 2 amide bonds. The molecule has 1 saturated heterocycles. The van der Waals surface area contributed by atoms with E-state index in [0.29, 0.717) is 25.4 Å². The van der Waals surface area contributed by atoms with Crippen LogP contribution in [0.2, 0.25) is 0 Å². The van der Waals surface area contributed by atoms with Crippen LogP contribution in [0.25, 0.3) is 0 Å². The first kappa shape index (κ1) is 16.8. The van der Waals surface area contributed by atoms with E-state index >= 15 is 0 Å². The van der Waals surface area contributed by atoms with Crippen molar-refractivity contribution in [3.8, 4) is 5.75 Å². The summed E-state index contributed by atoms with van der Waals surface area (Å²) in [5.74, 6) is 1.30. The minimum atomic E-state index is -0.397. The van der Waals surface area contributed by atoms with E-state index < -0.39 is 6.10 Å². The topological polar surface area (TPSA) is 58.6 Å². The van der Waals surface area contributed by atoms with Gasteiger partial charge in [0.05, 0.1) is 0 Å². The van der Waals surface area contributed by atoms with Gasteiger partial charge in [-0.15, -0.1) is 0 Å². The molecule has 5 nitrogen and oxygen atoms in total. The van der Waals surface area contributed by atoms with Crippen molar-refractivity contribution in [2.24, 2.45) is 11.8 Å². The molecule has 0 radical (unpaired) electrons. The maximum atomic E-state index is 12.8. The fraction of sp³-hybridized carbons (Fsp3) is 0.579. The number of amides is 2. The molecule has 2 aliphatic heterocycles. The molecule has 2 atom stereocenters. The number of fused-ring (bicyclic) bond motifs is 1. The van der Waals surface area contributed by atoms with E-state index in [1.165, 1.54) is 0 Å². The van der Waals surface area contributed by atoms with Crippen molar-refractivity contribution in [2.75, 3.05) is 19.6 Å². The van der Waals surface area contributed by atoms with Crippen LogP contribution in [0, 0.1) is 11.8 Å². The Hall–Kier alpha value is -2.04. The van der Waals surface area contributed by atoms with Gasteiger partial charge in [0.2, 0.25) is 5.91 Å². The fourth-order valence-corrected chi connectivity index (χ4v) is 3.40. The van der Waals surface area contributed by atoms with Crippen LogP contribution in [0.1, 0.15) is 32.3 Å². The quantitative estimate of drug-likeness (QED) is 0.919. The Bertz CT molecular complexity index is 589. The summed E-state index contributed by atoms with van der Waals surface area (Å²) in [6.07, 6.45) is 2.29. The molecule has 0 aliphatic carbocycles. The van der Waals surface area contributed by atoms with Gasteiger partial charge in [-0.3, -0.25) is 9.59 Å². The van der Waals surface area contributed by atoms with Crippen LogP contribution >= 0.6 is 0 Å². The highest BCUT2D eigenvalue weighted by Gasteiger charge is 2.34. The molecule has 24 heavy (non-hydrogen) atoms. The lowest BCUT2D eigenvalue weighted by molar-refractivity contribution is -0.139. The zero-order chi connectivity index (χ0) is 17.1. The zero-order valence-electron chi connectivity index (χ0n) is 14.5. The molecule has 1 N–H and O–H groups in total. The number of nitrogens with zero attached hydrogens (tertiary/aromatic N) is 1. The summed E-state index contributed by atoms with van der Waals surface area (Å²) in [6.45, 7) is 5.91. The van der Waals surface area contributed by atoms with Crippen LogP contribution in [0.5, 0.6) is 5.75 Å². The largest absolute Gasteiger partial charge is 0.480 e. The normalized spacial score (nSPS) is 22.9. The molecule has 0 aromatic heterocycles. The molecule has 0 bridgehead atoms. The third-order valence-corrected chi connectivity index (χ3v) is 4.84. The van der Waals surface area contributed by atoms with Crippen molar-refractivity contribution >= 4 is 11.8 Å². The number of likely N-dealkylation sites (tertiary alicyclic amines) is 1. The van der Waals surface area contributed by atoms with Gasteiger partial charge in [-0.1, -0.05) is 32.0 Å². The highest BCUT2D eigenvalue weighted by Crippen LogP contribution is 2.29. The van der Waals surface area contributed by atoms with Crippen molar-refractivity contribution in [1.29, 1.82) is 0 Å². The summed E-state index contributed by atoms with van der Waals surface area (Å²) < 4.78 is 5.83. The van der Waals surface area contributed by atoms with E-state index in [2.05, 4.69) is 5.32 Å². The first-order valence-corrected chi connectivity index (χ1v) is 8.85. The number of carbonyl (C=O) groups is 2. The van der Waals surface area contributed by atoms with Crippen LogP contribution in [-0.2, 0) is 16.0 Å². The number of carbonyl (C=O) groups excluding carboxylic acids is 2. The van der Waals surface area contributed by atoms with Gasteiger partial charge in [0, 0.05) is 32.0 Å². The van der Waals surface area contributed by atoms with E-state index in [4.69, 9.17) is 4.74 Å². The predicted molar refractivity (Wildman–Crippen MR) is 91.7 cm³/mol. The number of benzene rings is 1. The summed E-state index contributed by atoms with van der Waals surface area (Å²) >= 11 is 0. The highest BCUT2D eigenvalue weighted by atomic mass is 16.5. The Morgan fingerprint density at radius 2 is 2.12 bits per heavy atom. The number of hydrogen-bond acceptors (Lipinski definition) is 3. The Morgan fingerprint density at radius 3 is 2.88 bits per heavy atom. The SMILES string of the molecule is CC(C)C(=O)NCC1CCCN(C(=O)C2Cc3ccccc3O2)C1. The van der Waals surface area contributed by atoms with Gasteiger partial charge in [0.1, 0.15) is 5.75 Å². The lowest BCUT2D eigenvalue weighted by Gasteiger charge is -2.34. The summed E-state index contributed by atoms with van der Waals surface area (Å²) in [7, 11) is 0. The second-order valence-corrected chi connectivity index (χ2v) is 7.11. The number of para-hydroxylation sites is 1. The first-order valence-electron chi connectivity index (χ1n) is 8.85. The molecular formula is C19H26N2O3. The van der Waals surface area contributed by atoms with Gasteiger partial charge in [-0.05, 0) is 30.4 Å². The van der Waals surface area contributed by atoms with Gasteiger partial charge in [0.15, 0.2) is 6.10 Å². The Morgan fingerprint density at radius 1 is 1.33 bits per heavy atom. The Kier molecular flexibility index (Phi) is 5.07. The molecule has 2 heterocycles. The van der Waals surface area contributed by atoms with Crippen molar-refractivity contribution in [3.63, 3.8) is 0 Å². The maximum absolute atomic E-state index is 12.8. The Labute approximate surface area is 143 Å². The van der Waals surface area contributed by atoms with Gasteiger partial charge in [-0.2, -0.15) is 0 Å². The summed E-state index contributed by atoms with van der Waals surface area (Å²) in [5, 5.41) is 2.99. The van der Waals surface area contributed by atoms with Crippen molar-refractivity contribution in [2.45, 2.75) is 39.2 Å². The van der Waals surface area contributed by atoms with Crippen molar-refractivity contribution in [3.05, 3.63) is 29.8 Å². The van der Waals surface area contributed by atoms with Crippen molar-refractivity contribution < 1.29 is 14.3 Å². The van der Waals surface area contributed by atoms with Crippen LogP contribution in [0.15, 0.2) is 24.3 Å². The van der Waals surface area contributed by atoms with E-state index in [9.17, 15) is 9.59 Å². The first-order chi connectivity index (χ1) is 11.5. The molecule has 1 aromatic rings. The van der Waals surface area contributed by atoms with Gasteiger partial charge in [-0.25, -0.2) is 0 Å². The van der Waals surface area contributed by atoms with E-state index in [1.54, 1.807) is 0 Å². The summed E-state index contributed by atoms with van der Waals surface area (Å²) in [4.78, 5) is 26.4.